The van der Waals surface area contributed by atoms with Gasteiger partial charge in [0.05, 0.1) is 25.0 Å². The van der Waals surface area contributed by atoms with E-state index in [0.29, 0.717) is 35.9 Å². The van der Waals surface area contributed by atoms with Gasteiger partial charge in [0.25, 0.3) is 5.91 Å². The fourth-order valence-corrected chi connectivity index (χ4v) is 2.59. The molecule has 0 aliphatic rings. The van der Waals surface area contributed by atoms with Crippen molar-refractivity contribution in [3.63, 3.8) is 0 Å². The van der Waals surface area contributed by atoms with Crippen LogP contribution in [0.15, 0.2) is 48.5 Å². The van der Waals surface area contributed by atoms with Gasteiger partial charge < -0.3 is 20.1 Å². The molecule has 0 bridgehead atoms. The molecule has 2 aromatic carbocycles. The fraction of sp³-hybridized carbons (Fsp3) is 0.304. The number of carbonyl (C=O) groups excluding carboxylic acids is 2. The van der Waals surface area contributed by atoms with Crippen LogP contribution in [0.5, 0.6) is 11.5 Å². The fourth-order valence-electron chi connectivity index (χ4n) is 2.59. The molecule has 154 valence electrons. The zero-order valence-electron chi connectivity index (χ0n) is 17.2. The molecule has 0 aliphatic heterocycles. The molecule has 2 N–H and O–H groups in total. The summed E-state index contributed by atoms with van der Waals surface area (Å²) in [7, 11) is 1.58. The zero-order valence-corrected chi connectivity index (χ0v) is 17.2. The van der Waals surface area contributed by atoms with Crippen molar-refractivity contribution in [2.45, 2.75) is 26.7 Å². The van der Waals surface area contributed by atoms with E-state index >= 15 is 0 Å². The summed E-state index contributed by atoms with van der Waals surface area (Å²) in [6, 6.07) is 12.4. The monoisotopic (exact) mass is 396 g/mol. The van der Waals surface area contributed by atoms with Gasteiger partial charge >= 0.3 is 0 Å². The third kappa shape index (κ3) is 6.68. The average molecular weight is 396 g/mol. The highest BCUT2D eigenvalue weighted by Crippen LogP contribution is 2.28. The van der Waals surface area contributed by atoms with E-state index in [1.54, 1.807) is 43.5 Å². The SMILES string of the molecule is CCCNC(=O)c1ccccc1NC(=O)/C=C/c1ccc(OCCC)c(OC)c1. The predicted molar refractivity (Wildman–Crippen MR) is 116 cm³/mol. The number of anilines is 1. The van der Waals surface area contributed by atoms with Gasteiger partial charge in [-0.25, -0.2) is 0 Å². The molecule has 0 saturated carbocycles. The van der Waals surface area contributed by atoms with Crippen molar-refractivity contribution in [1.29, 1.82) is 0 Å². The number of methoxy groups -OCH3 is 1. The van der Waals surface area contributed by atoms with Gasteiger partial charge in [-0.15, -0.1) is 0 Å². The highest BCUT2D eigenvalue weighted by molar-refractivity contribution is 6.07. The number of ether oxygens (including phenoxy) is 2. The lowest BCUT2D eigenvalue weighted by Crippen LogP contribution is -2.25. The largest absolute Gasteiger partial charge is 0.493 e. The maximum absolute atomic E-state index is 12.4. The van der Waals surface area contributed by atoms with E-state index in [-0.39, 0.29) is 11.8 Å². The van der Waals surface area contributed by atoms with E-state index in [2.05, 4.69) is 10.6 Å². The first-order chi connectivity index (χ1) is 14.1. The number of rotatable bonds is 10. The summed E-state index contributed by atoms with van der Waals surface area (Å²) in [5, 5.41) is 5.58. The first-order valence-corrected chi connectivity index (χ1v) is 9.76. The molecule has 0 aromatic heterocycles. The van der Waals surface area contributed by atoms with Gasteiger partial charge in [0.15, 0.2) is 11.5 Å². The summed E-state index contributed by atoms with van der Waals surface area (Å²) in [5.74, 6) is 0.743. The Morgan fingerprint density at radius 3 is 2.55 bits per heavy atom. The van der Waals surface area contributed by atoms with Crippen LogP contribution in [0.3, 0.4) is 0 Å². The van der Waals surface area contributed by atoms with E-state index in [1.165, 1.54) is 6.08 Å². The van der Waals surface area contributed by atoms with E-state index in [1.807, 2.05) is 26.0 Å². The van der Waals surface area contributed by atoms with Crippen molar-refractivity contribution >= 4 is 23.6 Å². The van der Waals surface area contributed by atoms with Crippen LogP contribution >= 0.6 is 0 Å². The van der Waals surface area contributed by atoms with Gasteiger partial charge in [-0.05, 0) is 48.7 Å². The standard InChI is InChI=1S/C23H28N2O4/c1-4-14-24-23(27)18-8-6-7-9-19(18)25-22(26)13-11-17-10-12-20(29-15-5-2)21(16-17)28-3/h6-13,16H,4-5,14-15H2,1-3H3,(H,24,27)(H,25,26)/b13-11+. The summed E-state index contributed by atoms with van der Waals surface area (Å²) in [6.45, 7) is 5.21. The second kappa shape index (κ2) is 11.5. The molecule has 0 heterocycles. The molecular formula is C23H28N2O4. The van der Waals surface area contributed by atoms with E-state index < -0.39 is 0 Å². The lowest BCUT2D eigenvalue weighted by atomic mass is 10.1. The van der Waals surface area contributed by atoms with Gasteiger partial charge in [-0.3, -0.25) is 9.59 Å². The Labute approximate surface area is 171 Å². The maximum atomic E-state index is 12.4. The van der Waals surface area contributed by atoms with Gasteiger partial charge in [0.2, 0.25) is 5.91 Å². The molecule has 0 atom stereocenters. The number of hydrogen-bond acceptors (Lipinski definition) is 4. The quantitative estimate of drug-likeness (QED) is 0.588. The van der Waals surface area contributed by atoms with Crippen LogP contribution in [-0.4, -0.2) is 32.1 Å². The Morgan fingerprint density at radius 2 is 1.83 bits per heavy atom. The molecule has 29 heavy (non-hydrogen) atoms. The van der Waals surface area contributed by atoms with Gasteiger partial charge in [0, 0.05) is 12.6 Å². The van der Waals surface area contributed by atoms with Crippen molar-refractivity contribution in [2.24, 2.45) is 0 Å². The lowest BCUT2D eigenvalue weighted by Gasteiger charge is -2.11. The van der Waals surface area contributed by atoms with Crippen molar-refractivity contribution in [2.75, 3.05) is 25.6 Å². The second-order valence-electron chi connectivity index (χ2n) is 6.38. The van der Waals surface area contributed by atoms with Crippen molar-refractivity contribution in [3.05, 3.63) is 59.7 Å². The minimum absolute atomic E-state index is 0.209. The summed E-state index contributed by atoms with van der Waals surface area (Å²) < 4.78 is 11.0. The van der Waals surface area contributed by atoms with E-state index in [4.69, 9.17) is 9.47 Å². The van der Waals surface area contributed by atoms with Crippen LogP contribution in [0.25, 0.3) is 6.08 Å². The van der Waals surface area contributed by atoms with Crippen LogP contribution in [-0.2, 0) is 4.79 Å². The second-order valence-corrected chi connectivity index (χ2v) is 6.38. The molecular weight excluding hydrogens is 368 g/mol. The van der Waals surface area contributed by atoms with Crippen molar-refractivity contribution in [1.82, 2.24) is 5.32 Å². The zero-order chi connectivity index (χ0) is 21.1. The molecule has 2 aromatic rings. The summed E-state index contributed by atoms with van der Waals surface area (Å²) in [6.07, 6.45) is 4.85. The molecule has 2 rings (SSSR count). The number of carbonyl (C=O) groups is 2. The highest BCUT2D eigenvalue weighted by atomic mass is 16.5. The normalized spacial score (nSPS) is 10.6. The van der Waals surface area contributed by atoms with Crippen molar-refractivity contribution < 1.29 is 19.1 Å². The number of hydrogen-bond donors (Lipinski definition) is 2. The van der Waals surface area contributed by atoms with Gasteiger partial charge in [-0.1, -0.05) is 32.0 Å². The van der Waals surface area contributed by atoms with Crippen LogP contribution < -0.4 is 20.1 Å². The molecule has 0 radical (unpaired) electrons. The smallest absolute Gasteiger partial charge is 0.253 e. The molecule has 6 heteroatoms. The van der Waals surface area contributed by atoms with Gasteiger partial charge in [0.1, 0.15) is 0 Å². The molecule has 2 amide bonds. The number of para-hydroxylation sites is 1. The third-order valence-electron chi connectivity index (χ3n) is 4.04. The predicted octanol–water partition coefficient (Wildman–Crippen LogP) is 4.28. The van der Waals surface area contributed by atoms with Crippen LogP contribution in [0, 0.1) is 0 Å². The Bertz CT molecular complexity index is 862. The topological polar surface area (TPSA) is 76.7 Å². The molecule has 0 saturated heterocycles. The summed E-state index contributed by atoms with van der Waals surface area (Å²) in [4.78, 5) is 24.6. The molecule has 6 nitrogen and oxygen atoms in total. The van der Waals surface area contributed by atoms with Gasteiger partial charge in [-0.2, -0.15) is 0 Å². The Morgan fingerprint density at radius 1 is 1.03 bits per heavy atom. The lowest BCUT2D eigenvalue weighted by molar-refractivity contribution is -0.111. The van der Waals surface area contributed by atoms with Crippen LogP contribution in [0.1, 0.15) is 42.6 Å². The number of amides is 2. The van der Waals surface area contributed by atoms with E-state index in [0.717, 1.165) is 18.4 Å². The molecule has 0 unspecified atom stereocenters. The highest BCUT2D eigenvalue weighted by Gasteiger charge is 2.11. The minimum atomic E-state index is -0.328. The Hall–Kier alpha value is -3.28. The van der Waals surface area contributed by atoms with Crippen LogP contribution in [0.2, 0.25) is 0 Å². The molecule has 0 fully saturated rings. The number of benzene rings is 2. The minimum Gasteiger partial charge on any atom is -0.493 e. The number of nitrogens with one attached hydrogen (secondary N) is 2. The van der Waals surface area contributed by atoms with E-state index in [9.17, 15) is 9.59 Å². The Kier molecular flexibility index (Phi) is 8.76. The maximum Gasteiger partial charge on any atom is 0.253 e. The Balaban J connectivity index is 2.08. The first-order valence-electron chi connectivity index (χ1n) is 9.76. The summed E-state index contributed by atoms with van der Waals surface area (Å²) in [5.41, 5.74) is 1.70. The average Bonchev–Trinajstić information content (AvgIpc) is 2.75. The third-order valence-corrected chi connectivity index (χ3v) is 4.04. The molecule has 0 aliphatic carbocycles. The molecule has 0 spiro atoms. The van der Waals surface area contributed by atoms with Crippen LogP contribution in [0.4, 0.5) is 5.69 Å². The summed E-state index contributed by atoms with van der Waals surface area (Å²) >= 11 is 0. The first kappa shape index (κ1) is 22.0. The van der Waals surface area contributed by atoms with Crippen molar-refractivity contribution in [3.8, 4) is 11.5 Å².